The third kappa shape index (κ3) is 1.66. The van der Waals surface area contributed by atoms with E-state index in [9.17, 15) is 19.8 Å². The number of carbonyl (C=O) groups is 1. The lowest BCUT2D eigenvalue weighted by Crippen LogP contribution is -2.34. The summed E-state index contributed by atoms with van der Waals surface area (Å²) >= 11 is 0. The zero-order valence-electron chi connectivity index (χ0n) is 12.0. The number of methoxy groups -OCH3 is 1. The Morgan fingerprint density at radius 3 is 2.91 bits per heavy atom. The molecule has 2 aliphatic rings. The molecule has 0 spiro atoms. The first-order valence-electron chi connectivity index (χ1n) is 6.91. The van der Waals surface area contributed by atoms with Gasteiger partial charge in [-0.15, -0.1) is 0 Å². The number of rotatable bonds is 2. The second kappa shape index (κ2) is 4.43. The molecule has 118 valence electrons. The van der Waals surface area contributed by atoms with Crippen LogP contribution in [0.3, 0.4) is 0 Å². The van der Waals surface area contributed by atoms with Crippen molar-refractivity contribution >= 4 is 23.0 Å². The fraction of sp³-hybridized carbons (Fsp3) is 0.250. The maximum Gasteiger partial charge on any atom is 0.346 e. The molecule has 2 aromatic rings. The second-order valence-electron chi connectivity index (χ2n) is 5.44. The average molecular weight is 316 g/mol. The highest BCUT2D eigenvalue weighted by Gasteiger charge is 2.68. The fourth-order valence-electron chi connectivity index (χ4n) is 3.07. The molecule has 2 atom stereocenters. The minimum atomic E-state index is -1.50. The van der Waals surface area contributed by atoms with Gasteiger partial charge in [0, 0.05) is 0 Å². The summed E-state index contributed by atoms with van der Waals surface area (Å²) in [6, 6.07) is 2.75. The lowest BCUT2D eigenvalue weighted by atomic mass is 9.89. The van der Waals surface area contributed by atoms with Gasteiger partial charge >= 0.3 is 5.97 Å². The monoisotopic (exact) mass is 316 g/mol. The molecule has 0 saturated carbocycles. The molecule has 2 N–H and O–H groups in total. The van der Waals surface area contributed by atoms with Crippen LogP contribution in [0.15, 0.2) is 27.4 Å². The molecule has 0 bridgehead atoms. The summed E-state index contributed by atoms with van der Waals surface area (Å²) in [5.41, 5.74) is -1.50. The lowest BCUT2D eigenvalue weighted by molar-refractivity contribution is -0.147. The van der Waals surface area contributed by atoms with Crippen molar-refractivity contribution in [2.75, 3.05) is 7.11 Å². The van der Waals surface area contributed by atoms with Gasteiger partial charge in [-0.2, -0.15) is 0 Å². The van der Waals surface area contributed by atoms with Crippen molar-refractivity contribution in [1.82, 2.24) is 0 Å². The van der Waals surface area contributed by atoms with Crippen LogP contribution in [0.5, 0.6) is 5.75 Å². The van der Waals surface area contributed by atoms with Gasteiger partial charge in [0.1, 0.15) is 28.6 Å². The quantitative estimate of drug-likeness (QED) is 0.622. The zero-order valence-corrected chi connectivity index (χ0v) is 12.0. The summed E-state index contributed by atoms with van der Waals surface area (Å²) in [5, 5.41) is 19.2. The normalized spacial score (nSPS) is 24.2. The van der Waals surface area contributed by atoms with E-state index in [0.29, 0.717) is 5.56 Å². The second-order valence-corrected chi connectivity index (χ2v) is 5.44. The molecule has 7 nitrogen and oxygen atoms in total. The number of benzene rings is 1. The van der Waals surface area contributed by atoms with Gasteiger partial charge in [-0.1, -0.05) is 0 Å². The van der Waals surface area contributed by atoms with Crippen LogP contribution in [0.2, 0.25) is 0 Å². The molecule has 7 heteroatoms. The predicted octanol–water partition coefficient (Wildman–Crippen LogP) is 0.785. The van der Waals surface area contributed by atoms with E-state index in [2.05, 4.69) is 0 Å². The molecule has 0 radical (unpaired) electrons. The minimum Gasteiger partial charge on any atom is -0.507 e. The van der Waals surface area contributed by atoms with Gasteiger partial charge in [0.25, 0.3) is 0 Å². The van der Waals surface area contributed by atoms with Crippen molar-refractivity contribution in [2.24, 2.45) is 0 Å². The number of epoxide rings is 1. The Balaban J connectivity index is 2.08. The third-order valence-electron chi connectivity index (χ3n) is 4.18. The summed E-state index contributed by atoms with van der Waals surface area (Å²) in [5.74, 6) is -0.836. The average Bonchev–Trinajstić information content (AvgIpc) is 3.28. The van der Waals surface area contributed by atoms with Gasteiger partial charge < -0.3 is 24.1 Å². The van der Waals surface area contributed by atoms with Crippen molar-refractivity contribution < 1.29 is 28.9 Å². The largest absolute Gasteiger partial charge is 0.507 e. The molecule has 1 aliphatic carbocycles. The van der Waals surface area contributed by atoms with Crippen molar-refractivity contribution in [3.05, 3.63) is 45.3 Å². The number of ether oxygens (including phenoxy) is 2. The van der Waals surface area contributed by atoms with E-state index in [4.69, 9.17) is 13.9 Å². The Morgan fingerprint density at radius 2 is 2.22 bits per heavy atom. The Kier molecular flexibility index (Phi) is 2.70. The van der Waals surface area contributed by atoms with Crippen LogP contribution in [0, 0.1) is 0 Å². The van der Waals surface area contributed by atoms with Crippen LogP contribution in [0.1, 0.15) is 16.9 Å². The summed E-state index contributed by atoms with van der Waals surface area (Å²) in [4.78, 5) is 25.0. The number of aliphatic hydroxyl groups is 1. The van der Waals surface area contributed by atoms with Crippen LogP contribution >= 0.6 is 0 Å². The Bertz CT molecular complexity index is 940. The van der Waals surface area contributed by atoms with E-state index in [-0.39, 0.29) is 34.6 Å². The van der Waals surface area contributed by atoms with Crippen LogP contribution in [-0.2, 0) is 26.5 Å². The van der Waals surface area contributed by atoms with Crippen LogP contribution in [0.25, 0.3) is 17.0 Å². The first-order chi connectivity index (χ1) is 11.0. The lowest BCUT2D eigenvalue weighted by Gasteiger charge is -2.16. The smallest absolute Gasteiger partial charge is 0.346 e. The number of hydrogen-bond acceptors (Lipinski definition) is 7. The van der Waals surface area contributed by atoms with Gasteiger partial charge in [-0.05, 0) is 29.8 Å². The van der Waals surface area contributed by atoms with Crippen molar-refractivity contribution in [3.63, 3.8) is 0 Å². The van der Waals surface area contributed by atoms with E-state index in [1.165, 1.54) is 19.2 Å². The maximum atomic E-state index is 12.9. The number of esters is 1. The zero-order chi connectivity index (χ0) is 16.4. The standard InChI is InChI=1S/C16H12O7/c1-21-15(20)16-11(23-16)3-2-9-13(16)14(19)12-8(18)4-7(6-17)5-10(12)22-9/h2-5,11,17-18H,6H2,1H3. The molecule has 1 aliphatic heterocycles. The number of fused-ring (bicyclic) bond motifs is 4. The number of aromatic hydroxyl groups is 1. The van der Waals surface area contributed by atoms with E-state index < -0.39 is 23.1 Å². The number of aliphatic hydroxyl groups excluding tert-OH is 1. The molecular weight excluding hydrogens is 304 g/mol. The van der Waals surface area contributed by atoms with Gasteiger partial charge in [0.2, 0.25) is 11.0 Å². The van der Waals surface area contributed by atoms with Crippen molar-refractivity contribution in [3.8, 4) is 5.75 Å². The SMILES string of the molecule is COC(=O)C12OC1C=Cc1oc3cc(CO)cc(O)c3c(=O)c12. The predicted molar refractivity (Wildman–Crippen MR) is 77.7 cm³/mol. The highest BCUT2D eigenvalue weighted by atomic mass is 16.7. The highest BCUT2D eigenvalue weighted by molar-refractivity contribution is 5.92. The van der Waals surface area contributed by atoms with Crippen molar-refractivity contribution in [1.29, 1.82) is 0 Å². The highest BCUT2D eigenvalue weighted by Crippen LogP contribution is 2.51. The minimum absolute atomic E-state index is 0.0244. The summed E-state index contributed by atoms with van der Waals surface area (Å²) in [6.45, 7) is -0.308. The Hall–Kier alpha value is -2.64. The molecule has 2 unspecified atom stereocenters. The van der Waals surface area contributed by atoms with Gasteiger partial charge in [-0.25, -0.2) is 4.79 Å². The number of hydrogen-bond donors (Lipinski definition) is 2. The van der Waals surface area contributed by atoms with Crippen LogP contribution in [-0.4, -0.2) is 29.4 Å². The molecule has 1 fully saturated rings. The summed E-state index contributed by atoms with van der Waals surface area (Å²) in [6.07, 6.45) is 2.59. The molecule has 1 aromatic heterocycles. The van der Waals surface area contributed by atoms with Gasteiger partial charge in [-0.3, -0.25) is 4.79 Å². The van der Waals surface area contributed by atoms with E-state index in [1.807, 2.05) is 0 Å². The van der Waals surface area contributed by atoms with E-state index in [1.54, 1.807) is 12.2 Å². The first-order valence-corrected chi connectivity index (χ1v) is 6.91. The molecule has 23 heavy (non-hydrogen) atoms. The summed E-state index contributed by atoms with van der Waals surface area (Å²) < 4.78 is 15.8. The molecule has 1 aromatic carbocycles. The van der Waals surface area contributed by atoms with E-state index in [0.717, 1.165) is 0 Å². The van der Waals surface area contributed by atoms with Crippen molar-refractivity contribution in [2.45, 2.75) is 18.3 Å². The Labute approximate surface area is 129 Å². The molecule has 2 heterocycles. The number of phenols is 1. The van der Waals surface area contributed by atoms with E-state index >= 15 is 0 Å². The number of phenolic OH excluding ortho intramolecular Hbond substituents is 1. The molecular formula is C16H12O7. The molecule has 1 saturated heterocycles. The topological polar surface area (TPSA) is 110 Å². The number of carbonyl (C=O) groups excluding carboxylic acids is 1. The van der Waals surface area contributed by atoms with Crippen LogP contribution < -0.4 is 5.43 Å². The van der Waals surface area contributed by atoms with Gasteiger partial charge in [0.15, 0.2) is 0 Å². The van der Waals surface area contributed by atoms with Crippen LogP contribution in [0.4, 0.5) is 0 Å². The fourth-order valence-corrected chi connectivity index (χ4v) is 3.07. The Morgan fingerprint density at radius 1 is 1.43 bits per heavy atom. The summed E-state index contributed by atoms with van der Waals surface area (Å²) in [7, 11) is 1.21. The molecule has 4 rings (SSSR count). The molecule has 0 amide bonds. The third-order valence-corrected chi connectivity index (χ3v) is 4.18. The van der Waals surface area contributed by atoms with Gasteiger partial charge in [0.05, 0.1) is 19.3 Å². The maximum absolute atomic E-state index is 12.9. The first kappa shape index (κ1) is 14.0.